The number of methoxy groups -OCH3 is 2. The van der Waals surface area contributed by atoms with Gasteiger partial charge in [-0.05, 0) is 31.2 Å². The molecule has 0 atom stereocenters. The van der Waals surface area contributed by atoms with Crippen LogP contribution in [0, 0.1) is 5.41 Å². The minimum Gasteiger partial charge on any atom is -0.382 e. The summed E-state index contributed by atoms with van der Waals surface area (Å²) in [6.45, 7) is 3.11. The van der Waals surface area contributed by atoms with Crippen molar-refractivity contribution in [1.29, 1.82) is 0 Å². The molecule has 0 aliphatic carbocycles. The lowest BCUT2D eigenvalue weighted by Gasteiger charge is -2.55. The van der Waals surface area contributed by atoms with Gasteiger partial charge in [-0.2, -0.15) is 0 Å². The summed E-state index contributed by atoms with van der Waals surface area (Å²) in [7, 11) is 3.37. The number of carbonyl (C=O) groups excluding carboxylic acids is 1. The first-order chi connectivity index (χ1) is 12.2. The Bertz CT molecular complexity index is 562. The molecule has 5 heteroatoms. The second kappa shape index (κ2) is 7.85. The normalized spacial score (nSPS) is 21.6. The van der Waals surface area contributed by atoms with Crippen LogP contribution < -0.4 is 0 Å². The molecule has 1 aromatic rings. The number of amides is 1. The molecule has 0 aromatic heterocycles. The van der Waals surface area contributed by atoms with Gasteiger partial charge in [0.05, 0.1) is 24.2 Å². The zero-order valence-corrected chi connectivity index (χ0v) is 15.3. The molecule has 138 valence electrons. The third-order valence-electron chi connectivity index (χ3n) is 5.73. The van der Waals surface area contributed by atoms with Crippen molar-refractivity contribution < 1.29 is 19.0 Å². The number of benzene rings is 1. The van der Waals surface area contributed by atoms with Gasteiger partial charge in [0.15, 0.2) is 0 Å². The Kier molecular flexibility index (Phi) is 5.77. The van der Waals surface area contributed by atoms with E-state index in [9.17, 15) is 4.79 Å². The fourth-order valence-corrected chi connectivity index (χ4v) is 4.24. The highest BCUT2D eigenvalue weighted by Gasteiger charge is 2.53. The van der Waals surface area contributed by atoms with Gasteiger partial charge >= 0.3 is 0 Å². The van der Waals surface area contributed by atoms with Crippen molar-refractivity contribution in [1.82, 2.24) is 4.90 Å². The predicted molar refractivity (Wildman–Crippen MR) is 95.4 cm³/mol. The lowest BCUT2D eigenvalue weighted by Crippen LogP contribution is -2.69. The van der Waals surface area contributed by atoms with Crippen LogP contribution in [0.2, 0.25) is 0 Å². The molecule has 2 saturated heterocycles. The topological polar surface area (TPSA) is 48.0 Å². The van der Waals surface area contributed by atoms with Crippen LogP contribution in [0.1, 0.15) is 24.8 Å². The fourth-order valence-electron chi connectivity index (χ4n) is 4.24. The standard InChI is InChI=1S/C20H29NO4/c1-23-15-20(16-24-2)8-11-21(20)18(22)19(9-12-25-13-10-19)14-17-6-4-3-5-7-17/h3-7H,8-16H2,1-2H3. The first-order valence-electron chi connectivity index (χ1n) is 9.07. The van der Waals surface area contributed by atoms with E-state index >= 15 is 0 Å². The van der Waals surface area contributed by atoms with Crippen molar-refractivity contribution in [2.24, 2.45) is 5.41 Å². The minimum absolute atomic E-state index is 0.236. The maximum absolute atomic E-state index is 13.6. The molecule has 2 fully saturated rings. The molecule has 0 radical (unpaired) electrons. The van der Waals surface area contributed by atoms with Crippen LogP contribution >= 0.6 is 0 Å². The van der Waals surface area contributed by atoms with Crippen molar-refractivity contribution in [3.63, 3.8) is 0 Å². The van der Waals surface area contributed by atoms with Gasteiger partial charge in [0.2, 0.25) is 5.91 Å². The summed E-state index contributed by atoms with van der Waals surface area (Å²) in [4.78, 5) is 15.6. The Morgan fingerprint density at radius 2 is 1.72 bits per heavy atom. The molecule has 2 aliphatic rings. The summed E-state index contributed by atoms with van der Waals surface area (Å²) in [5, 5.41) is 0. The van der Waals surface area contributed by atoms with Gasteiger partial charge in [-0.25, -0.2) is 0 Å². The number of likely N-dealkylation sites (tertiary alicyclic amines) is 1. The predicted octanol–water partition coefficient (Wildman–Crippen LogP) is 2.29. The smallest absolute Gasteiger partial charge is 0.229 e. The number of nitrogens with zero attached hydrogens (tertiary/aromatic N) is 1. The maximum Gasteiger partial charge on any atom is 0.229 e. The minimum atomic E-state index is -0.382. The van der Waals surface area contributed by atoms with E-state index < -0.39 is 0 Å². The lowest BCUT2D eigenvalue weighted by molar-refractivity contribution is -0.175. The molecule has 0 spiro atoms. The largest absolute Gasteiger partial charge is 0.382 e. The van der Waals surface area contributed by atoms with Gasteiger partial charge < -0.3 is 19.1 Å². The summed E-state index contributed by atoms with van der Waals surface area (Å²) >= 11 is 0. The number of carbonyl (C=O) groups is 1. The number of hydrogen-bond donors (Lipinski definition) is 0. The van der Waals surface area contributed by atoms with Crippen LogP contribution in [0.5, 0.6) is 0 Å². The quantitative estimate of drug-likeness (QED) is 0.759. The van der Waals surface area contributed by atoms with Gasteiger partial charge in [-0.1, -0.05) is 30.3 Å². The first-order valence-corrected chi connectivity index (χ1v) is 9.07. The summed E-state index contributed by atoms with van der Waals surface area (Å²) in [5.74, 6) is 0.236. The summed E-state index contributed by atoms with van der Waals surface area (Å²) in [5.41, 5.74) is 0.511. The lowest BCUT2D eigenvalue weighted by atomic mass is 9.71. The third kappa shape index (κ3) is 3.59. The molecule has 2 heterocycles. The van der Waals surface area contributed by atoms with E-state index in [4.69, 9.17) is 14.2 Å². The summed E-state index contributed by atoms with van der Waals surface area (Å²) < 4.78 is 16.4. The van der Waals surface area contributed by atoms with Gasteiger partial charge in [0.1, 0.15) is 0 Å². The van der Waals surface area contributed by atoms with E-state index in [1.165, 1.54) is 5.56 Å². The van der Waals surface area contributed by atoms with E-state index in [0.29, 0.717) is 26.4 Å². The molecule has 2 aliphatic heterocycles. The van der Waals surface area contributed by atoms with Crippen molar-refractivity contribution >= 4 is 5.91 Å². The molecule has 0 N–H and O–H groups in total. The molecule has 0 unspecified atom stereocenters. The van der Waals surface area contributed by atoms with E-state index in [-0.39, 0.29) is 16.9 Å². The van der Waals surface area contributed by atoms with E-state index in [0.717, 1.165) is 32.2 Å². The highest BCUT2D eigenvalue weighted by Crippen LogP contribution is 2.42. The molecule has 1 aromatic carbocycles. The highest BCUT2D eigenvalue weighted by molar-refractivity contribution is 5.85. The fraction of sp³-hybridized carbons (Fsp3) is 0.650. The molecule has 5 nitrogen and oxygen atoms in total. The average Bonchev–Trinajstić information content (AvgIpc) is 2.62. The monoisotopic (exact) mass is 347 g/mol. The Morgan fingerprint density at radius 1 is 1.08 bits per heavy atom. The van der Waals surface area contributed by atoms with Crippen LogP contribution in [0.25, 0.3) is 0 Å². The Hall–Kier alpha value is -1.43. The Balaban J connectivity index is 1.84. The van der Waals surface area contributed by atoms with E-state index in [1.807, 2.05) is 23.1 Å². The van der Waals surface area contributed by atoms with Crippen LogP contribution in [-0.2, 0) is 25.4 Å². The number of rotatable bonds is 7. The maximum atomic E-state index is 13.6. The van der Waals surface area contributed by atoms with Gasteiger partial charge in [0, 0.05) is 34.0 Å². The molecule has 0 bridgehead atoms. The highest BCUT2D eigenvalue weighted by atomic mass is 16.5. The molecule has 25 heavy (non-hydrogen) atoms. The SMILES string of the molecule is COCC1(COC)CCN1C(=O)C1(Cc2ccccc2)CCOCC1. The van der Waals surface area contributed by atoms with Gasteiger partial charge in [0.25, 0.3) is 0 Å². The van der Waals surface area contributed by atoms with Crippen LogP contribution in [0.4, 0.5) is 0 Å². The van der Waals surface area contributed by atoms with Gasteiger partial charge in [-0.15, -0.1) is 0 Å². The Morgan fingerprint density at radius 3 is 2.24 bits per heavy atom. The molecular weight excluding hydrogens is 318 g/mol. The van der Waals surface area contributed by atoms with Crippen molar-refractivity contribution in [3.8, 4) is 0 Å². The van der Waals surface area contributed by atoms with E-state index in [1.54, 1.807) is 14.2 Å². The third-order valence-corrected chi connectivity index (χ3v) is 5.73. The average molecular weight is 347 g/mol. The van der Waals surface area contributed by atoms with Crippen molar-refractivity contribution in [2.45, 2.75) is 31.2 Å². The number of hydrogen-bond acceptors (Lipinski definition) is 4. The summed E-state index contributed by atoms with van der Waals surface area (Å²) in [6.07, 6.45) is 3.24. The molecule has 3 rings (SSSR count). The Labute approximate surface area is 150 Å². The first kappa shape index (κ1) is 18.4. The number of ether oxygens (including phenoxy) is 3. The second-order valence-corrected chi connectivity index (χ2v) is 7.35. The van der Waals surface area contributed by atoms with Crippen molar-refractivity contribution in [2.75, 3.05) is 47.2 Å². The second-order valence-electron chi connectivity index (χ2n) is 7.35. The van der Waals surface area contributed by atoms with E-state index in [2.05, 4.69) is 12.1 Å². The molecule has 1 amide bonds. The van der Waals surface area contributed by atoms with Crippen molar-refractivity contribution in [3.05, 3.63) is 35.9 Å². The zero-order chi connectivity index (χ0) is 17.8. The van der Waals surface area contributed by atoms with Crippen LogP contribution in [-0.4, -0.2) is 63.5 Å². The van der Waals surface area contributed by atoms with Gasteiger partial charge in [-0.3, -0.25) is 4.79 Å². The zero-order valence-electron chi connectivity index (χ0n) is 15.3. The summed E-state index contributed by atoms with van der Waals surface area (Å²) in [6, 6.07) is 10.3. The van der Waals surface area contributed by atoms with Crippen LogP contribution in [0.15, 0.2) is 30.3 Å². The molecular formula is C20H29NO4. The van der Waals surface area contributed by atoms with Crippen LogP contribution in [0.3, 0.4) is 0 Å². The molecule has 0 saturated carbocycles.